The summed E-state index contributed by atoms with van der Waals surface area (Å²) in [7, 11) is 0. The van der Waals surface area contributed by atoms with Crippen molar-refractivity contribution in [1.29, 1.82) is 0 Å². The fourth-order valence-corrected chi connectivity index (χ4v) is 0.739. The maximum absolute atomic E-state index is 3.44. The molecule has 0 aliphatic heterocycles. The van der Waals surface area contributed by atoms with E-state index in [0.717, 1.165) is 5.56 Å². The maximum Gasteiger partial charge on any atom is 0 e. The number of aryl methyl sites for hydroxylation is 1. The van der Waals surface area contributed by atoms with Crippen molar-refractivity contribution in [2.75, 3.05) is 0 Å². The average molecular weight is 233 g/mol. The second-order valence-corrected chi connectivity index (χ2v) is 2.17. The Hall–Kier alpha value is -0.246. The van der Waals surface area contributed by atoms with Gasteiger partial charge in [0.05, 0.1) is 0 Å². The van der Waals surface area contributed by atoms with E-state index < -0.39 is 0 Å². The Morgan fingerprint density at radius 3 is 2.08 bits per heavy atom. The summed E-state index contributed by atoms with van der Waals surface area (Å²) in [5.41, 5.74) is 2.29. The Morgan fingerprint density at radius 1 is 1.17 bits per heavy atom. The van der Waals surface area contributed by atoms with Crippen LogP contribution < -0.4 is 0 Å². The Kier molecular flexibility index (Phi) is 8.82. The molecule has 61 valence electrons. The smallest absolute Gasteiger partial charge is 0 e. The van der Waals surface area contributed by atoms with E-state index in [-0.39, 0.29) is 40.1 Å². The Balaban J connectivity index is 0. The van der Waals surface area contributed by atoms with Crippen LogP contribution in [0.1, 0.15) is 11.1 Å². The summed E-state index contributed by atoms with van der Waals surface area (Å²) in [6.45, 7) is 5.50. The molecule has 0 aliphatic carbocycles. The van der Waals surface area contributed by atoms with Gasteiger partial charge in [-0.05, 0) is 6.92 Å². The molecule has 0 aliphatic rings. The predicted molar refractivity (Wildman–Crippen MR) is 49.8 cm³/mol. The summed E-state index contributed by atoms with van der Waals surface area (Å²) in [6, 6.07) is 8.07. The number of hydrogen-bond donors (Lipinski definition) is 0. The molecule has 0 unspecified atom stereocenters. The summed E-state index contributed by atoms with van der Waals surface area (Å²) in [5.74, 6) is 5.48. The molecule has 0 bridgehead atoms. The van der Waals surface area contributed by atoms with E-state index in [1.165, 1.54) is 5.56 Å². The van der Waals surface area contributed by atoms with Gasteiger partial charge < -0.3 is 7.43 Å². The quantitative estimate of drug-likeness (QED) is 0.477. The zero-order valence-electron chi connectivity index (χ0n) is 7.59. The van der Waals surface area contributed by atoms with Crippen LogP contribution in [-0.4, -0.2) is 0 Å². The summed E-state index contributed by atoms with van der Waals surface area (Å²) < 4.78 is 0. The molecule has 0 spiro atoms. The largest absolute Gasteiger partial charge is 0.358 e. The first-order chi connectivity index (χ1) is 4.83. The van der Waals surface area contributed by atoms with E-state index in [9.17, 15) is 0 Å². The molecule has 0 N–H and O–H groups in total. The van der Waals surface area contributed by atoms with Gasteiger partial charge in [0, 0.05) is 32.7 Å². The van der Waals surface area contributed by atoms with E-state index in [0.29, 0.717) is 0 Å². The molecule has 0 amide bonds. The standard InChI is InChI=1S/C10H9.CH3.Y/c1-3-4-10-7-5-9(2)6-8-10;;/h5-8H,1H2,2H3;1H3;/q2*-1;. The van der Waals surface area contributed by atoms with Gasteiger partial charge in [0.1, 0.15) is 0 Å². The fraction of sp³-hybridized carbons (Fsp3) is 0.0909. The van der Waals surface area contributed by atoms with Crippen molar-refractivity contribution >= 4 is 0 Å². The molecule has 1 aromatic carbocycles. The summed E-state index contributed by atoms with van der Waals surface area (Å²) in [5, 5.41) is 0. The minimum Gasteiger partial charge on any atom is -0.358 e. The topological polar surface area (TPSA) is 0 Å². The third-order valence-corrected chi connectivity index (χ3v) is 1.28. The first-order valence-corrected chi connectivity index (χ1v) is 3.17. The van der Waals surface area contributed by atoms with Crippen LogP contribution >= 0.6 is 0 Å². The van der Waals surface area contributed by atoms with Crippen molar-refractivity contribution in [1.82, 2.24) is 0 Å². The fourth-order valence-electron chi connectivity index (χ4n) is 0.739. The van der Waals surface area contributed by atoms with E-state index in [1.54, 1.807) is 0 Å². The monoisotopic (exact) mass is 233 g/mol. The van der Waals surface area contributed by atoms with Gasteiger partial charge in [0.15, 0.2) is 0 Å². The average Bonchev–Trinajstić information content (AvgIpc) is 1.95. The predicted octanol–water partition coefficient (Wildman–Crippen LogP) is 2.63. The first kappa shape index (κ1) is 14.3. The Bertz CT molecular complexity index is 261. The van der Waals surface area contributed by atoms with Gasteiger partial charge in [-0.15, -0.1) is 0 Å². The molecule has 1 heteroatoms. The third kappa shape index (κ3) is 4.60. The van der Waals surface area contributed by atoms with E-state index in [2.05, 4.69) is 25.7 Å². The van der Waals surface area contributed by atoms with Crippen LogP contribution in [-0.2, 0) is 32.7 Å². The molecule has 0 nitrogen and oxygen atoms in total. The van der Waals surface area contributed by atoms with Crippen molar-refractivity contribution < 1.29 is 32.7 Å². The number of rotatable bonds is 0. The Labute approximate surface area is 101 Å². The van der Waals surface area contributed by atoms with Crippen LogP contribution in [0.5, 0.6) is 0 Å². The van der Waals surface area contributed by atoms with Crippen LogP contribution in [0.3, 0.4) is 0 Å². The molecular weight excluding hydrogens is 221 g/mol. The molecule has 1 rings (SSSR count). The Morgan fingerprint density at radius 2 is 1.67 bits per heavy atom. The van der Waals surface area contributed by atoms with Gasteiger partial charge in [-0.3, -0.25) is 11.8 Å². The summed E-state index contributed by atoms with van der Waals surface area (Å²) in [4.78, 5) is 0. The zero-order valence-corrected chi connectivity index (χ0v) is 10.4. The molecule has 0 saturated carbocycles. The minimum absolute atomic E-state index is 0. The SMILES string of the molecule is [CH2-]C#Cc1ccc(C)cc1.[CH3-].[Y]. The van der Waals surface area contributed by atoms with Crippen LogP contribution in [0.15, 0.2) is 24.3 Å². The van der Waals surface area contributed by atoms with Crippen LogP contribution in [0, 0.1) is 33.1 Å². The molecule has 12 heavy (non-hydrogen) atoms. The van der Waals surface area contributed by atoms with Crippen molar-refractivity contribution in [3.8, 4) is 11.8 Å². The third-order valence-electron chi connectivity index (χ3n) is 1.28. The van der Waals surface area contributed by atoms with E-state index in [4.69, 9.17) is 0 Å². The number of benzene rings is 1. The van der Waals surface area contributed by atoms with E-state index >= 15 is 0 Å². The molecule has 0 saturated heterocycles. The normalized spacial score (nSPS) is 6.75. The molecule has 0 fully saturated rings. The van der Waals surface area contributed by atoms with Crippen LogP contribution in [0.4, 0.5) is 0 Å². The van der Waals surface area contributed by atoms with Gasteiger partial charge in [0.2, 0.25) is 0 Å². The van der Waals surface area contributed by atoms with Gasteiger partial charge in [-0.2, -0.15) is 6.92 Å². The van der Waals surface area contributed by atoms with Gasteiger partial charge in [0.25, 0.3) is 0 Å². The van der Waals surface area contributed by atoms with Gasteiger partial charge >= 0.3 is 0 Å². The van der Waals surface area contributed by atoms with Crippen molar-refractivity contribution in [3.63, 3.8) is 0 Å². The van der Waals surface area contributed by atoms with E-state index in [1.807, 2.05) is 24.3 Å². The summed E-state index contributed by atoms with van der Waals surface area (Å²) >= 11 is 0. The van der Waals surface area contributed by atoms with Gasteiger partial charge in [-0.25, -0.2) is 0 Å². The molecular formula is C11H12Y-2. The molecule has 0 aromatic heterocycles. The molecule has 1 aromatic rings. The van der Waals surface area contributed by atoms with Crippen molar-refractivity contribution in [2.45, 2.75) is 6.92 Å². The molecule has 0 heterocycles. The van der Waals surface area contributed by atoms with Crippen LogP contribution in [0.25, 0.3) is 0 Å². The molecule has 0 atom stereocenters. The second-order valence-electron chi connectivity index (χ2n) is 2.17. The van der Waals surface area contributed by atoms with Crippen molar-refractivity contribution in [2.24, 2.45) is 0 Å². The van der Waals surface area contributed by atoms with Gasteiger partial charge in [-0.1, -0.05) is 35.4 Å². The zero-order chi connectivity index (χ0) is 7.40. The van der Waals surface area contributed by atoms with Crippen LogP contribution in [0.2, 0.25) is 0 Å². The second kappa shape index (κ2) is 7.41. The first-order valence-electron chi connectivity index (χ1n) is 3.17. The maximum atomic E-state index is 3.44. The minimum atomic E-state index is 0. The summed E-state index contributed by atoms with van der Waals surface area (Å²) in [6.07, 6.45) is 0. The number of hydrogen-bond acceptors (Lipinski definition) is 0. The van der Waals surface area contributed by atoms with Crippen molar-refractivity contribution in [3.05, 3.63) is 49.7 Å². The molecule has 1 radical (unpaired) electrons.